The predicted molar refractivity (Wildman–Crippen MR) is 210 cm³/mol. The van der Waals surface area contributed by atoms with Crippen LogP contribution in [-0.2, 0) is 0 Å². The van der Waals surface area contributed by atoms with Crippen molar-refractivity contribution in [3.8, 4) is 22.3 Å². The van der Waals surface area contributed by atoms with E-state index in [9.17, 15) is 0 Å². The van der Waals surface area contributed by atoms with Gasteiger partial charge in [-0.05, 0) is 87.6 Å². The fourth-order valence-electron chi connectivity index (χ4n) is 7.33. The minimum Gasteiger partial charge on any atom is -0.456 e. The van der Waals surface area contributed by atoms with Gasteiger partial charge in [0.05, 0.1) is 11.1 Å². The Morgan fingerprint density at radius 1 is 0.388 bits per heavy atom. The number of rotatable bonds is 5. The topological polar surface area (TPSA) is 16.4 Å². The van der Waals surface area contributed by atoms with Crippen molar-refractivity contribution in [1.29, 1.82) is 0 Å². The number of benzene rings is 8. The van der Waals surface area contributed by atoms with Crippen LogP contribution in [-0.4, -0.2) is 0 Å². The molecule has 0 saturated heterocycles. The van der Waals surface area contributed by atoms with Gasteiger partial charge in [0, 0.05) is 36.9 Å². The summed E-state index contributed by atoms with van der Waals surface area (Å²) in [5.74, 6) is 0. The van der Waals surface area contributed by atoms with Crippen LogP contribution in [0.4, 0.5) is 17.1 Å². The Hall–Kier alpha value is -6.16. The van der Waals surface area contributed by atoms with E-state index in [1.165, 1.54) is 53.2 Å². The second kappa shape index (κ2) is 11.2. The summed E-state index contributed by atoms with van der Waals surface area (Å²) in [6, 6.07) is 63.1. The second-order valence-corrected chi connectivity index (χ2v) is 13.6. The molecule has 10 rings (SSSR count). The summed E-state index contributed by atoms with van der Waals surface area (Å²) in [4.78, 5) is 2.35. The highest BCUT2D eigenvalue weighted by Crippen LogP contribution is 2.44. The first-order chi connectivity index (χ1) is 24.3. The minimum atomic E-state index is 0.880. The smallest absolute Gasteiger partial charge is 0.137 e. The van der Waals surface area contributed by atoms with Crippen LogP contribution in [0.2, 0.25) is 0 Å². The molecule has 8 aromatic carbocycles. The third-order valence-corrected chi connectivity index (χ3v) is 10.8. The summed E-state index contributed by atoms with van der Waals surface area (Å²) in [5, 5.41) is 7.50. The molecule has 2 nitrogen and oxygen atoms in total. The van der Waals surface area contributed by atoms with Crippen LogP contribution in [0.5, 0.6) is 0 Å². The maximum Gasteiger partial charge on any atom is 0.137 e. The van der Waals surface area contributed by atoms with Crippen LogP contribution >= 0.6 is 11.3 Å². The fourth-order valence-corrected chi connectivity index (χ4v) is 8.49. The Bertz CT molecular complexity index is 2810. The molecule has 49 heavy (non-hydrogen) atoms. The van der Waals surface area contributed by atoms with E-state index < -0.39 is 0 Å². The third kappa shape index (κ3) is 4.62. The van der Waals surface area contributed by atoms with Gasteiger partial charge in [-0.25, -0.2) is 0 Å². The number of hydrogen-bond acceptors (Lipinski definition) is 3. The van der Waals surface area contributed by atoms with E-state index in [1.54, 1.807) is 0 Å². The molecular weight excluding hydrogens is 615 g/mol. The summed E-state index contributed by atoms with van der Waals surface area (Å²) in [6.45, 7) is 0. The highest BCUT2D eigenvalue weighted by Gasteiger charge is 2.20. The lowest BCUT2D eigenvalue weighted by Gasteiger charge is -2.26. The summed E-state index contributed by atoms with van der Waals surface area (Å²) < 4.78 is 8.97. The van der Waals surface area contributed by atoms with Crippen LogP contribution in [0.1, 0.15) is 0 Å². The Balaban J connectivity index is 1.09. The number of fused-ring (bicyclic) bond motifs is 8. The van der Waals surface area contributed by atoms with E-state index in [-0.39, 0.29) is 0 Å². The lowest BCUT2D eigenvalue weighted by atomic mass is 10.0. The van der Waals surface area contributed by atoms with Gasteiger partial charge in [0.2, 0.25) is 0 Å². The summed E-state index contributed by atoms with van der Waals surface area (Å²) in [6.07, 6.45) is 0. The average molecular weight is 644 g/mol. The molecule has 10 aromatic rings. The minimum absolute atomic E-state index is 0.880. The molecule has 230 valence electrons. The standard InChI is InChI=1S/C46H29NOS/c1-2-9-30(10-3-1)31-17-23-35(24-18-31)47(40-14-8-16-42-46(40)38-13-6-7-15-41(38)48-42)36-25-19-32(20-26-36)34-21-27-39-44(29-34)49-43-28-22-33-11-4-5-12-37(33)45(39)43/h1-29H. The van der Waals surface area contributed by atoms with Gasteiger partial charge in [0.15, 0.2) is 0 Å². The fraction of sp³-hybridized carbons (Fsp3) is 0. The number of furan rings is 1. The van der Waals surface area contributed by atoms with Crippen molar-refractivity contribution in [2.45, 2.75) is 0 Å². The number of para-hydroxylation sites is 1. The largest absolute Gasteiger partial charge is 0.456 e. The summed E-state index contributed by atoms with van der Waals surface area (Å²) in [5.41, 5.74) is 9.84. The summed E-state index contributed by atoms with van der Waals surface area (Å²) in [7, 11) is 0. The SMILES string of the molecule is c1ccc(-c2ccc(N(c3ccc(-c4ccc5c(c4)sc4ccc6ccccc6c45)cc3)c3cccc4oc5ccccc5c34)cc2)cc1. The van der Waals surface area contributed by atoms with Crippen molar-refractivity contribution in [3.05, 3.63) is 176 Å². The highest BCUT2D eigenvalue weighted by atomic mass is 32.1. The molecule has 0 aliphatic rings. The molecule has 2 heterocycles. The van der Waals surface area contributed by atoms with Crippen LogP contribution in [0.15, 0.2) is 180 Å². The van der Waals surface area contributed by atoms with E-state index in [0.29, 0.717) is 0 Å². The maximum atomic E-state index is 6.32. The molecule has 0 atom stereocenters. The molecule has 3 heteroatoms. The van der Waals surface area contributed by atoms with E-state index in [1.807, 2.05) is 23.5 Å². The number of thiophene rings is 1. The lowest BCUT2D eigenvalue weighted by Crippen LogP contribution is -2.10. The Morgan fingerprint density at radius 2 is 1.02 bits per heavy atom. The maximum absolute atomic E-state index is 6.32. The first-order valence-corrected chi connectivity index (χ1v) is 17.4. The van der Waals surface area contributed by atoms with Crippen LogP contribution in [0.25, 0.3) is 75.1 Å². The zero-order chi connectivity index (χ0) is 32.3. The average Bonchev–Trinajstić information content (AvgIpc) is 3.75. The number of hydrogen-bond donors (Lipinski definition) is 0. The zero-order valence-corrected chi connectivity index (χ0v) is 27.3. The third-order valence-electron chi connectivity index (χ3n) is 9.67. The molecule has 0 spiro atoms. The van der Waals surface area contributed by atoms with Gasteiger partial charge in [-0.15, -0.1) is 11.3 Å². The molecule has 0 radical (unpaired) electrons. The zero-order valence-electron chi connectivity index (χ0n) is 26.5. The van der Waals surface area contributed by atoms with Gasteiger partial charge in [-0.2, -0.15) is 0 Å². The molecule has 0 fully saturated rings. The van der Waals surface area contributed by atoms with Crippen molar-refractivity contribution in [2.75, 3.05) is 4.90 Å². The molecule has 0 bridgehead atoms. The van der Waals surface area contributed by atoms with Crippen molar-refractivity contribution in [3.63, 3.8) is 0 Å². The molecule has 0 N–H and O–H groups in total. The van der Waals surface area contributed by atoms with E-state index in [2.05, 4.69) is 169 Å². The van der Waals surface area contributed by atoms with E-state index >= 15 is 0 Å². The van der Waals surface area contributed by atoms with Gasteiger partial charge in [0.1, 0.15) is 11.2 Å². The highest BCUT2D eigenvalue weighted by molar-refractivity contribution is 7.26. The van der Waals surface area contributed by atoms with Crippen molar-refractivity contribution in [2.24, 2.45) is 0 Å². The van der Waals surface area contributed by atoms with E-state index in [0.717, 1.165) is 39.0 Å². The molecular formula is C46H29NOS. The molecule has 0 unspecified atom stereocenters. The van der Waals surface area contributed by atoms with Crippen LogP contribution in [0.3, 0.4) is 0 Å². The molecule has 0 saturated carbocycles. The van der Waals surface area contributed by atoms with Crippen LogP contribution < -0.4 is 4.90 Å². The Kier molecular flexibility index (Phi) is 6.39. The normalized spacial score (nSPS) is 11.7. The van der Waals surface area contributed by atoms with Crippen molar-refractivity contribution >= 4 is 81.3 Å². The first-order valence-electron chi connectivity index (χ1n) is 16.6. The Labute approximate surface area is 287 Å². The number of anilines is 3. The van der Waals surface area contributed by atoms with Gasteiger partial charge in [-0.1, -0.05) is 121 Å². The van der Waals surface area contributed by atoms with Gasteiger partial charge >= 0.3 is 0 Å². The molecule has 0 amide bonds. The van der Waals surface area contributed by atoms with Gasteiger partial charge < -0.3 is 9.32 Å². The quantitative estimate of drug-likeness (QED) is 0.186. The van der Waals surface area contributed by atoms with Crippen LogP contribution in [0, 0.1) is 0 Å². The number of nitrogens with zero attached hydrogens (tertiary/aromatic N) is 1. The molecule has 0 aliphatic heterocycles. The summed E-state index contributed by atoms with van der Waals surface area (Å²) >= 11 is 1.87. The van der Waals surface area contributed by atoms with E-state index in [4.69, 9.17) is 4.42 Å². The lowest BCUT2D eigenvalue weighted by molar-refractivity contribution is 0.669. The molecule has 2 aromatic heterocycles. The predicted octanol–water partition coefficient (Wildman–Crippen LogP) is 13.9. The van der Waals surface area contributed by atoms with Crippen molar-refractivity contribution in [1.82, 2.24) is 0 Å². The van der Waals surface area contributed by atoms with Gasteiger partial charge in [-0.3, -0.25) is 0 Å². The monoisotopic (exact) mass is 643 g/mol. The molecule has 0 aliphatic carbocycles. The first kappa shape index (κ1) is 27.9. The van der Waals surface area contributed by atoms with Crippen molar-refractivity contribution < 1.29 is 4.42 Å². The Morgan fingerprint density at radius 3 is 1.82 bits per heavy atom. The van der Waals surface area contributed by atoms with Gasteiger partial charge in [0.25, 0.3) is 0 Å². The second-order valence-electron chi connectivity index (χ2n) is 12.5.